The average molecular weight is 228 g/mol. The van der Waals surface area contributed by atoms with E-state index in [1.807, 2.05) is 13.0 Å². The van der Waals surface area contributed by atoms with Crippen molar-refractivity contribution in [1.82, 2.24) is 0 Å². The molecule has 0 bridgehead atoms. The van der Waals surface area contributed by atoms with E-state index in [4.69, 9.17) is 9.47 Å². The van der Waals surface area contributed by atoms with Crippen LogP contribution >= 0.6 is 0 Å². The van der Waals surface area contributed by atoms with Crippen LogP contribution in [0.1, 0.15) is 33.6 Å². The molecule has 0 radical (unpaired) electrons. The predicted octanol–water partition coefficient (Wildman–Crippen LogP) is 2.67. The van der Waals surface area contributed by atoms with Crippen molar-refractivity contribution >= 4 is 6.16 Å². The van der Waals surface area contributed by atoms with Crippen molar-refractivity contribution < 1.29 is 19.0 Å². The largest absolute Gasteiger partial charge is 0.508 e. The fraction of sp³-hybridized carbons (Fsp3) is 0.750. The van der Waals surface area contributed by atoms with Crippen LogP contribution in [0.3, 0.4) is 0 Å². The lowest BCUT2D eigenvalue weighted by Crippen LogP contribution is -2.04. The Labute approximate surface area is 96.6 Å². The van der Waals surface area contributed by atoms with Crippen molar-refractivity contribution in [3.63, 3.8) is 0 Å². The molecule has 1 saturated heterocycles. The molecule has 0 aromatic rings. The van der Waals surface area contributed by atoms with Gasteiger partial charge in [-0.15, -0.1) is 0 Å². The number of hydrogen-bond acceptors (Lipinski definition) is 4. The van der Waals surface area contributed by atoms with Gasteiger partial charge in [0, 0.05) is 0 Å². The molecule has 0 aliphatic carbocycles. The number of carbonyl (C=O) groups excluding carboxylic acids is 1. The average Bonchev–Trinajstić information content (AvgIpc) is 2.83. The lowest BCUT2D eigenvalue weighted by Gasteiger charge is -2.02. The minimum atomic E-state index is -0.643. The summed E-state index contributed by atoms with van der Waals surface area (Å²) in [5, 5.41) is 0. The van der Waals surface area contributed by atoms with Crippen LogP contribution in [-0.2, 0) is 14.2 Å². The lowest BCUT2D eigenvalue weighted by molar-refractivity contribution is 0.0816. The molecule has 92 valence electrons. The van der Waals surface area contributed by atoms with Crippen molar-refractivity contribution in [1.29, 1.82) is 0 Å². The second-order valence-electron chi connectivity index (χ2n) is 4.56. The standard InChI is InChI=1S/C12H20O4/c1-9(7-8-15-11(13)14-4)5-6-10-12(2,3)16-10/h7,10H,5-6,8H2,1-4H3/b9-7+. The molecule has 1 fully saturated rings. The summed E-state index contributed by atoms with van der Waals surface area (Å²) in [7, 11) is 1.30. The minimum Gasteiger partial charge on any atom is -0.438 e. The maximum absolute atomic E-state index is 10.7. The summed E-state index contributed by atoms with van der Waals surface area (Å²) in [5.41, 5.74) is 1.26. The quantitative estimate of drug-likeness (QED) is 0.412. The molecule has 0 N–H and O–H groups in total. The first-order valence-corrected chi connectivity index (χ1v) is 5.50. The molecule has 1 atom stereocenters. The second-order valence-corrected chi connectivity index (χ2v) is 4.56. The molecule has 1 aliphatic heterocycles. The molecule has 4 heteroatoms. The van der Waals surface area contributed by atoms with Crippen LogP contribution in [-0.4, -0.2) is 31.6 Å². The fourth-order valence-electron chi connectivity index (χ4n) is 1.51. The topological polar surface area (TPSA) is 48.1 Å². The van der Waals surface area contributed by atoms with E-state index in [0.29, 0.717) is 6.10 Å². The third-order valence-corrected chi connectivity index (χ3v) is 2.76. The Morgan fingerprint density at radius 2 is 2.12 bits per heavy atom. The number of rotatable bonds is 5. The number of hydrogen-bond donors (Lipinski definition) is 0. The van der Waals surface area contributed by atoms with Gasteiger partial charge in [0.1, 0.15) is 6.61 Å². The highest BCUT2D eigenvalue weighted by Crippen LogP contribution is 2.38. The first-order chi connectivity index (χ1) is 7.45. The number of ether oxygens (including phenoxy) is 3. The van der Waals surface area contributed by atoms with Crippen LogP contribution in [0.4, 0.5) is 4.79 Å². The Hall–Kier alpha value is -1.03. The molecule has 0 saturated carbocycles. The summed E-state index contributed by atoms with van der Waals surface area (Å²) in [6.45, 7) is 6.48. The van der Waals surface area contributed by atoms with E-state index >= 15 is 0 Å². The molecule has 1 heterocycles. The van der Waals surface area contributed by atoms with Gasteiger partial charge in [-0.1, -0.05) is 5.57 Å². The SMILES string of the molecule is COC(=O)OC/C=C(\C)CCC1OC1(C)C. The van der Waals surface area contributed by atoms with Gasteiger partial charge in [-0.05, 0) is 39.7 Å². The number of methoxy groups -OCH3 is 1. The van der Waals surface area contributed by atoms with Crippen LogP contribution in [0.25, 0.3) is 0 Å². The van der Waals surface area contributed by atoms with Gasteiger partial charge in [0.05, 0.1) is 18.8 Å². The Morgan fingerprint density at radius 1 is 1.50 bits per heavy atom. The molecular weight excluding hydrogens is 208 g/mol. The molecule has 16 heavy (non-hydrogen) atoms. The first kappa shape index (κ1) is 13.0. The summed E-state index contributed by atoms with van der Waals surface area (Å²) in [6, 6.07) is 0. The normalized spacial score (nSPS) is 22.8. The van der Waals surface area contributed by atoms with Crippen molar-refractivity contribution in [3.8, 4) is 0 Å². The molecule has 0 aromatic carbocycles. The number of carbonyl (C=O) groups is 1. The molecule has 0 aromatic heterocycles. The minimum absolute atomic E-state index is 0.0583. The van der Waals surface area contributed by atoms with Crippen LogP contribution in [0.15, 0.2) is 11.6 Å². The van der Waals surface area contributed by atoms with Crippen LogP contribution in [0, 0.1) is 0 Å². The van der Waals surface area contributed by atoms with Gasteiger partial charge >= 0.3 is 6.16 Å². The van der Waals surface area contributed by atoms with E-state index in [1.54, 1.807) is 0 Å². The van der Waals surface area contributed by atoms with Gasteiger partial charge in [-0.25, -0.2) is 4.79 Å². The fourth-order valence-corrected chi connectivity index (χ4v) is 1.51. The third-order valence-electron chi connectivity index (χ3n) is 2.76. The van der Waals surface area contributed by atoms with Crippen LogP contribution in [0.2, 0.25) is 0 Å². The van der Waals surface area contributed by atoms with Gasteiger partial charge < -0.3 is 14.2 Å². The molecule has 1 aliphatic rings. The van der Waals surface area contributed by atoms with Gasteiger partial charge in [0.15, 0.2) is 0 Å². The van der Waals surface area contributed by atoms with E-state index in [-0.39, 0.29) is 12.2 Å². The van der Waals surface area contributed by atoms with Gasteiger partial charge in [-0.3, -0.25) is 0 Å². The lowest BCUT2D eigenvalue weighted by atomic mass is 10.0. The smallest absolute Gasteiger partial charge is 0.438 e. The molecule has 0 spiro atoms. The third kappa shape index (κ3) is 4.23. The zero-order chi connectivity index (χ0) is 12.2. The summed E-state index contributed by atoms with van der Waals surface area (Å²) in [4.78, 5) is 10.7. The molecule has 1 rings (SSSR count). The summed E-state index contributed by atoms with van der Waals surface area (Å²) < 4.78 is 14.6. The maximum Gasteiger partial charge on any atom is 0.508 e. The Bertz CT molecular complexity index is 281. The molecule has 0 amide bonds. The highest BCUT2D eigenvalue weighted by Gasteiger charge is 2.46. The monoisotopic (exact) mass is 228 g/mol. The van der Waals surface area contributed by atoms with E-state index in [9.17, 15) is 4.79 Å². The van der Waals surface area contributed by atoms with Crippen molar-refractivity contribution in [2.24, 2.45) is 0 Å². The van der Waals surface area contributed by atoms with Gasteiger partial charge in [0.2, 0.25) is 0 Å². The summed E-state index contributed by atoms with van der Waals surface area (Å²) >= 11 is 0. The molecule has 1 unspecified atom stereocenters. The predicted molar refractivity (Wildman–Crippen MR) is 60.3 cm³/mol. The Balaban J connectivity index is 2.12. The first-order valence-electron chi connectivity index (χ1n) is 5.50. The van der Waals surface area contributed by atoms with Crippen LogP contribution < -0.4 is 0 Å². The zero-order valence-electron chi connectivity index (χ0n) is 10.4. The Morgan fingerprint density at radius 3 is 2.62 bits per heavy atom. The van der Waals surface area contributed by atoms with E-state index in [1.165, 1.54) is 12.7 Å². The summed E-state index contributed by atoms with van der Waals surface area (Å²) in [6.07, 6.45) is 3.62. The Kier molecular flexibility index (Phi) is 4.35. The summed E-state index contributed by atoms with van der Waals surface area (Å²) in [5.74, 6) is 0. The zero-order valence-corrected chi connectivity index (χ0v) is 10.4. The van der Waals surface area contributed by atoms with Crippen molar-refractivity contribution in [3.05, 3.63) is 11.6 Å². The van der Waals surface area contributed by atoms with E-state index in [0.717, 1.165) is 12.8 Å². The van der Waals surface area contributed by atoms with Crippen molar-refractivity contribution in [2.45, 2.75) is 45.3 Å². The molecule has 4 nitrogen and oxygen atoms in total. The van der Waals surface area contributed by atoms with Crippen LogP contribution in [0.5, 0.6) is 0 Å². The van der Waals surface area contributed by atoms with E-state index in [2.05, 4.69) is 18.6 Å². The second kappa shape index (κ2) is 5.34. The highest BCUT2D eigenvalue weighted by atomic mass is 16.7. The number of epoxide rings is 1. The highest BCUT2D eigenvalue weighted by molar-refractivity contribution is 5.59. The van der Waals surface area contributed by atoms with E-state index < -0.39 is 6.16 Å². The number of allylic oxidation sites excluding steroid dienone is 1. The van der Waals surface area contributed by atoms with Gasteiger partial charge in [0.25, 0.3) is 0 Å². The van der Waals surface area contributed by atoms with Gasteiger partial charge in [-0.2, -0.15) is 0 Å². The van der Waals surface area contributed by atoms with Crippen molar-refractivity contribution in [2.75, 3.05) is 13.7 Å². The maximum atomic E-state index is 10.7. The molecular formula is C12H20O4.